The van der Waals surface area contributed by atoms with Crippen molar-refractivity contribution in [3.63, 3.8) is 0 Å². The maximum absolute atomic E-state index is 12.9. The summed E-state index contributed by atoms with van der Waals surface area (Å²) in [6.07, 6.45) is 0.969. The molecule has 0 bridgehead atoms. The molecule has 33 heavy (non-hydrogen) atoms. The molecule has 3 aromatic rings. The number of hydrogen-bond acceptors (Lipinski definition) is 4. The number of hydrogen-bond donors (Lipinski definition) is 4. The predicted molar refractivity (Wildman–Crippen MR) is 131 cm³/mol. The van der Waals surface area contributed by atoms with Gasteiger partial charge in [-0.1, -0.05) is 66.7 Å². The third-order valence-corrected chi connectivity index (χ3v) is 6.10. The molecule has 0 radical (unpaired) electrons. The average molecular weight is 511 g/mol. The van der Waals surface area contributed by atoms with Gasteiger partial charge in [0.1, 0.15) is 0 Å². The molecule has 6 nitrogen and oxygen atoms in total. The van der Waals surface area contributed by atoms with Crippen LogP contribution < -0.4 is 10.6 Å². The van der Waals surface area contributed by atoms with Gasteiger partial charge >= 0.3 is 0 Å². The van der Waals surface area contributed by atoms with Crippen LogP contribution in [0.3, 0.4) is 0 Å². The highest BCUT2D eigenvalue weighted by Gasteiger charge is 2.21. The van der Waals surface area contributed by atoms with E-state index in [2.05, 4.69) is 26.6 Å². The molecular weight excluding hydrogens is 484 g/mol. The van der Waals surface area contributed by atoms with E-state index >= 15 is 0 Å². The summed E-state index contributed by atoms with van der Waals surface area (Å²) in [5.74, 6) is -0.788. The fourth-order valence-corrected chi connectivity index (χ4v) is 4.15. The van der Waals surface area contributed by atoms with Crippen LogP contribution in [0.2, 0.25) is 0 Å². The second kappa shape index (κ2) is 12.3. The van der Waals surface area contributed by atoms with Gasteiger partial charge in [-0.25, -0.2) is 0 Å². The predicted octanol–water partition coefficient (Wildman–Crippen LogP) is 3.12. The van der Waals surface area contributed by atoms with Crippen molar-refractivity contribution in [2.45, 2.75) is 24.9 Å². The highest BCUT2D eigenvalue weighted by molar-refractivity contribution is 9.10. The summed E-state index contributed by atoms with van der Waals surface area (Å²) in [7, 11) is 0. The summed E-state index contributed by atoms with van der Waals surface area (Å²) in [4.78, 5) is 25.8. The van der Waals surface area contributed by atoms with E-state index in [1.807, 2.05) is 60.7 Å². The van der Waals surface area contributed by atoms with Gasteiger partial charge in [0.05, 0.1) is 36.4 Å². The molecule has 0 spiro atoms. The van der Waals surface area contributed by atoms with Crippen molar-refractivity contribution in [1.82, 2.24) is 10.6 Å². The molecular formula is C26H27BrN2O4. The Morgan fingerprint density at radius 2 is 1.06 bits per heavy atom. The molecule has 0 saturated carbocycles. The Bertz CT molecular complexity index is 979. The number of nitrogens with one attached hydrogen (secondary N) is 2. The van der Waals surface area contributed by atoms with E-state index in [1.165, 1.54) is 0 Å². The minimum atomic E-state index is -0.464. The number of carbonyl (C=O) groups is 2. The summed E-state index contributed by atoms with van der Waals surface area (Å²) in [5, 5.41) is 25.1. The van der Waals surface area contributed by atoms with E-state index in [4.69, 9.17) is 0 Å². The van der Waals surface area contributed by atoms with Gasteiger partial charge in [-0.15, -0.1) is 0 Å². The zero-order valence-electron chi connectivity index (χ0n) is 18.1. The first-order valence-corrected chi connectivity index (χ1v) is 11.5. The molecule has 2 amide bonds. The summed E-state index contributed by atoms with van der Waals surface area (Å²) < 4.78 is 0.354. The highest BCUT2D eigenvalue weighted by atomic mass is 79.9. The fourth-order valence-electron chi connectivity index (χ4n) is 3.53. The molecule has 0 aliphatic heterocycles. The molecule has 0 aliphatic carbocycles. The Morgan fingerprint density at radius 1 is 0.667 bits per heavy atom. The van der Waals surface area contributed by atoms with Crippen molar-refractivity contribution < 1.29 is 19.8 Å². The lowest BCUT2D eigenvalue weighted by Gasteiger charge is -2.19. The lowest BCUT2D eigenvalue weighted by molar-refractivity contribution is 0.0914. The van der Waals surface area contributed by atoms with Gasteiger partial charge in [-0.05, 0) is 52.0 Å². The van der Waals surface area contributed by atoms with E-state index in [1.54, 1.807) is 18.2 Å². The van der Waals surface area contributed by atoms with E-state index < -0.39 is 23.9 Å². The number of aliphatic hydroxyl groups excluding tert-OH is 2. The van der Waals surface area contributed by atoms with E-state index in [0.717, 1.165) is 11.1 Å². The SMILES string of the molecule is O=C(N[C@H](CO)Cc1ccccc1)c1cccc(C(=O)N[C@H](CO)Cc2ccccc2)c1Br. The van der Waals surface area contributed by atoms with Crippen LogP contribution >= 0.6 is 15.9 Å². The lowest BCUT2D eigenvalue weighted by Crippen LogP contribution is -2.40. The van der Waals surface area contributed by atoms with Crippen molar-refractivity contribution in [2.75, 3.05) is 13.2 Å². The lowest BCUT2D eigenvalue weighted by atomic mass is 10.0. The van der Waals surface area contributed by atoms with Crippen molar-refractivity contribution in [1.29, 1.82) is 0 Å². The third kappa shape index (κ3) is 6.99. The Balaban J connectivity index is 1.69. The van der Waals surface area contributed by atoms with Crippen LogP contribution in [0.5, 0.6) is 0 Å². The molecule has 0 aliphatic rings. The molecule has 0 aromatic heterocycles. The molecule has 2 atom stereocenters. The number of benzene rings is 3. The maximum Gasteiger partial charge on any atom is 0.252 e. The molecule has 0 fully saturated rings. The van der Waals surface area contributed by atoms with Crippen LogP contribution in [-0.4, -0.2) is 47.3 Å². The standard InChI is InChI=1S/C26H27BrN2O4/c27-24-22(25(32)28-20(16-30)14-18-8-3-1-4-9-18)12-7-13-23(24)26(33)29-21(17-31)15-19-10-5-2-6-11-19/h1-13,20-21,30-31H,14-17H2,(H,28,32)(H,29,33)/t20-,21-/m0/s1. The molecule has 3 aromatic carbocycles. The van der Waals surface area contributed by atoms with E-state index in [0.29, 0.717) is 17.3 Å². The van der Waals surface area contributed by atoms with Gasteiger partial charge in [0.15, 0.2) is 0 Å². The van der Waals surface area contributed by atoms with E-state index in [-0.39, 0.29) is 24.3 Å². The van der Waals surface area contributed by atoms with Gasteiger partial charge in [-0.3, -0.25) is 9.59 Å². The van der Waals surface area contributed by atoms with Crippen LogP contribution in [0.15, 0.2) is 83.3 Å². The zero-order valence-corrected chi connectivity index (χ0v) is 19.7. The van der Waals surface area contributed by atoms with Gasteiger partial charge in [0.25, 0.3) is 11.8 Å². The Kier molecular flexibility index (Phi) is 9.18. The van der Waals surface area contributed by atoms with Crippen LogP contribution in [0.1, 0.15) is 31.8 Å². The van der Waals surface area contributed by atoms with Crippen molar-refractivity contribution >= 4 is 27.7 Å². The minimum absolute atomic E-state index is 0.212. The van der Waals surface area contributed by atoms with Crippen molar-refractivity contribution in [2.24, 2.45) is 0 Å². The monoisotopic (exact) mass is 510 g/mol. The molecule has 0 saturated heterocycles. The number of aliphatic hydroxyl groups is 2. The summed E-state index contributed by atoms with van der Waals surface area (Å²) >= 11 is 3.39. The second-order valence-electron chi connectivity index (χ2n) is 7.75. The summed E-state index contributed by atoms with van der Waals surface area (Å²) in [5.41, 5.74) is 2.57. The largest absolute Gasteiger partial charge is 0.394 e. The second-order valence-corrected chi connectivity index (χ2v) is 8.55. The topological polar surface area (TPSA) is 98.7 Å². The van der Waals surface area contributed by atoms with Crippen LogP contribution in [0, 0.1) is 0 Å². The van der Waals surface area contributed by atoms with Gasteiger partial charge in [0, 0.05) is 4.47 Å². The van der Waals surface area contributed by atoms with E-state index in [9.17, 15) is 19.8 Å². The molecule has 0 unspecified atom stereocenters. The smallest absolute Gasteiger partial charge is 0.252 e. The minimum Gasteiger partial charge on any atom is -0.394 e. The Morgan fingerprint density at radius 3 is 1.42 bits per heavy atom. The zero-order chi connectivity index (χ0) is 23.6. The first-order chi connectivity index (χ1) is 16.0. The molecule has 0 heterocycles. The molecule has 7 heteroatoms. The summed E-state index contributed by atoms with van der Waals surface area (Å²) in [6, 6.07) is 23.1. The maximum atomic E-state index is 12.9. The van der Waals surface area contributed by atoms with Crippen LogP contribution in [-0.2, 0) is 12.8 Å². The number of rotatable bonds is 10. The quantitative estimate of drug-likeness (QED) is 0.336. The third-order valence-electron chi connectivity index (χ3n) is 5.25. The van der Waals surface area contributed by atoms with Crippen molar-refractivity contribution in [3.05, 3.63) is 106 Å². The summed E-state index contributed by atoms with van der Waals surface area (Å²) in [6.45, 7) is -0.424. The first-order valence-electron chi connectivity index (χ1n) is 10.7. The normalized spacial score (nSPS) is 12.6. The van der Waals surface area contributed by atoms with Crippen LogP contribution in [0.25, 0.3) is 0 Å². The Hall–Kier alpha value is -3.00. The molecule has 4 N–H and O–H groups in total. The Labute approximate surface area is 201 Å². The van der Waals surface area contributed by atoms with Gasteiger partial charge < -0.3 is 20.8 Å². The fraction of sp³-hybridized carbons (Fsp3) is 0.231. The van der Waals surface area contributed by atoms with Crippen LogP contribution in [0.4, 0.5) is 0 Å². The number of amides is 2. The molecule has 3 rings (SSSR count). The highest BCUT2D eigenvalue weighted by Crippen LogP contribution is 2.22. The van der Waals surface area contributed by atoms with Crippen molar-refractivity contribution in [3.8, 4) is 0 Å². The molecule has 172 valence electrons. The first kappa shape index (κ1) is 24.6. The van der Waals surface area contributed by atoms with Gasteiger partial charge in [-0.2, -0.15) is 0 Å². The van der Waals surface area contributed by atoms with Gasteiger partial charge in [0.2, 0.25) is 0 Å². The average Bonchev–Trinajstić information content (AvgIpc) is 2.84. The number of halogens is 1. The number of carbonyl (C=O) groups excluding carboxylic acids is 2.